The molecule has 1 aliphatic rings. The summed E-state index contributed by atoms with van der Waals surface area (Å²) in [5.74, 6) is -1.25. The molecule has 0 saturated carbocycles. The monoisotopic (exact) mass is 558 g/mol. The Morgan fingerprint density at radius 1 is 1.07 bits per heavy atom. The fraction of sp³-hybridized carbons (Fsp3) is 0.357. The van der Waals surface area contributed by atoms with Gasteiger partial charge in [-0.2, -0.15) is 13.2 Å². The van der Waals surface area contributed by atoms with E-state index in [4.69, 9.17) is 9.47 Å². The van der Waals surface area contributed by atoms with Gasteiger partial charge in [-0.3, -0.25) is 25.0 Å². The first-order chi connectivity index (χ1) is 19.1. The van der Waals surface area contributed by atoms with Crippen molar-refractivity contribution >= 4 is 17.8 Å². The number of benzene rings is 2. The lowest BCUT2D eigenvalue weighted by Crippen LogP contribution is -2.50. The number of hydrogen-bond acceptors (Lipinski definition) is 7. The molecule has 1 aliphatic heterocycles. The summed E-state index contributed by atoms with van der Waals surface area (Å²) < 4.78 is 48.5. The summed E-state index contributed by atoms with van der Waals surface area (Å²) in [5, 5.41) is 5.28. The molecule has 40 heavy (non-hydrogen) atoms. The zero-order chi connectivity index (χ0) is 28.7. The molecule has 3 atom stereocenters. The number of alkyl halides is 3. The number of ether oxygens (including phenoxy) is 2. The highest BCUT2D eigenvalue weighted by Gasteiger charge is 2.37. The molecule has 212 valence electrons. The third-order valence-corrected chi connectivity index (χ3v) is 6.26. The summed E-state index contributed by atoms with van der Waals surface area (Å²) in [4.78, 5) is 44.1. The highest BCUT2D eigenvalue weighted by molar-refractivity contribution is 6.04. The van der Waals surface area contributed by atoms with Crippen molar-refractivity contribution in [3.05, 3.63) is 89.0 Å². The maximum Gasteiger partial charge on any atom is 0.393 e. The summed E-state index contributed by atoms with van der Waals surface area (Å²) in [6, 6.07) is 14.1. The minimum absolute atomic E-state index is 0.0139. The molecule has 2 amide bonds. The molecule has 3 aromatic rings. The average Bonchev–Trinajstić information content (AvgIpc) is 3.53. The molecular formula is C28H29F3N4O5. The van der Waals surface area contributed by atoms with Crippen molar-refractivity contribution in [2.24, 2.45) is 0 Å². The summed E-state index contributed by atoms with van der Waals surface area (Å²) in [6.07, 6.45) is -3.89. The number of rotatable bonds is 11. The molecule has 0 spiro atoms. The van der Waals surface area contributed by atoms with Gasteiger partial charge in [0.1, 0.15) is 11.5 Å². The molecule has 12 heteroatoms. The van der Waals surface area contributed by atoms with E-state index in [9.17, 15) is 27.6 Å². The van der Waals surface area contributed by atoms with E-state index in [-0.39, 0.29) is 24.3 Å². The predicted molar refractivity (Wildman–Crippen MR) is 137 cm³/mol. The second kappa shape index (κ2) is 12.9. The third-order valence-electron chi connectivity index (χ3n) is 6.26. The summed E-state index contributed by atoms with van der Waals surface area (Å²) in [5.41, 5.74) is 1.99. The Bertz CT molecular complexity index is 1310. The number of aryl methyl sites for hydroxylation is 2. The fourth-order valence-corrected chi connectivity index (χ4v) is 4.18. The second-order valence-electron chi connectivity index (χ2n) is 9.52. The molecule has 2 unspecified atom stereocenters. The Balaban J connectivity index is 1.24. The van der Waals surface area contributed by atoms with E-state index in [0.717, 1.165) is 11.1 Å². The first kappa shape index (κ1) is 29.0. The standard InChI is InChI=1S/C28H29F3N4O5/c1-17(33-21-13-24(36)40-27(21)39-16-20-5-3-2-4-6-20)25(37)35-26(38)22-15-32-23(34-22)12-11-18-7-9-19(10-8-18)14-28(29,30)31/h2-10,15,17,21,27,33H,11-14,16H2,1H3,(H,32,34)(H,35,37,38)/t17-,21?,27?/m0/s1. The number of nitrogens with zero attached hydrogens (tertiary/aromatic N) is 1. The maximum absolute atomic E-state index is 12.6. The summed E-state index contributed by atoms with van der Waals surface area (Å²) >= 11 is 0. The van der Waals surface area contributed by atoms with Gasteiger partial charge in [0.25, 0.3) is 5.91 Å². The number of H-pyrrole nitrogens is 1. The lowest BCUT2D eigenvalue weighted by atomic mass is 10.1. The van der Waals surface area contributed by atoms with Crippen LogP contribution in [0.3, 0.4) is 0 Å². The van der Waals surface area contributed by atoms with E-state index >= 15 is 0 Å². The van der Waals surface area contributed by atoms with Gasteiger partial charge in [-0.05, 0) is 30.0 Å². The highest BCUT2D eigenvalue weighted by Crippen LogP contribution is 2.22. The zero-order valence-corrected chi connectivity index (χ0v) is 21.7. The van der Waals surface area contributed by atoms with Crippen LogP contribution in [0.4, 0.5) is 13.2 Å². The van der Waals surface area contributed by atoms with Crippen molar-refractivity contribution in [1.29, 1.82) is 0 Å². The number of nitrogens with one attached hydrogen (secondary N) is 3. The molecule has 3 N–H and O–H groups in total. The fourth-order valence-electron chi connectivity index (χ4n) is 4.18. The maximum atomic E-state index is 12.6. The smallest absolute Gasteiger partial charge is 0.393 e. The SMILES string of the molecule is C[C@H](NC1CC(=O)OC1OCc1ccccc1)C(=O)NC(=O)c1cnc(CCc2ccc(CC(F)(F)F)cc2)[nH]1. The highest BCUT2D eigenvalue weighted by atomic mass is 19.4. The van der Waals surface area contributed by atoms with Gasteiger partial charge in [0.2, 0.25) is 12.2 Å². The minimum Gasteiger partial charge on any atom is -0.434 e. The van der Waals surface area contributed by atoms with Crippen molar-refractivity contribution in [2.45, 2.75) is 63.8 Å². The quantitative estimate of drug-likeness (QED) is 0.309. The number of hydrogen-bond donors (Lipinski definition) is 3. The van der Waals surface area contributed by atoms with Crippen LogP contribution < -0.4 is 10.6 Å². The molecule has 4 rings (SSSR count). The number of carbonyl (C=O) groups is 3. The largest absolute Gasteiger partial charge is 0.434 e. The number of carbonyl (C=O) groups excluding carboxylic acids is 3. The summed E-state index contributed by atoms with van der Waals surface area (Å²) in [7, 11) is 0. The Morgan fingerprint density at radius 2 is 1.77 bits per heavy atom. The molecule has 2 heterocycles. The van der Waals surface area contributed by atoms with Crippen LogP contribution in [-0.4, -0.2) is 52.3 Å². The normalized spacial score (nSPS) is 17.9. The van der Waals surface area contributed by atoms with Gasteiger partial charge < -0.3 is 14.5 Å². The van der Waals surface area contributed by atoms with E-state index in [2.05, 4.69) is 20.6 Å². The molecule has 9 nitrogen and oxygen atoms in total. The van der Waals surface area contributed by atoms with Gasteiger partial charge >= 0.3 is 12.1 Å². The Morgan fingerprint density at radius 3 is 2.48 bits per heavy atom. The minimum atomic E-state index is -4.26. The van der Waals surface area contributed by atoms with Crippen LogP contribution in [0, 0.1) is 0 Å². The first-order valence-electron chi connectivity index (χ1n) is 12.7. The van der Waals surface area contributed by atoms with Crippen LogP contribution >= 0.6 is 0 Å². The van der Waals surface area contributed by atoms with Crippen LogP contribution in [0.25, 0.3) is 0 Å². The molecule has 0 radical (unpaired) electrons. The Kier molecular flexibility index (Phi) is 9.33. The van der Waals surface area contributed by atoms with Crippen LogP contribution in [0.1, 0.15) is 46.3 Å². The first-order valence-corrected chi connectivity index (χ1v) is 12.7. The van der Waals surface area contributed by atoms with Gasteiger partial charge in [-0.1, -0.05) is 54.6 Å². The lowest BCUT2D eigenvalue weighted by Gasteiger charge is -2.22. The van der Waals surface area contributed by atoms with Gasteiger partial charge in [0.05, 0.1) is 37.7 Å². The van der Waals surface area contributed by atoms with Crippen molar-refractivity contribution in [3.63, 3.8) is 0 Å². The van der Waals surface area contributed by atoms with Gasteiger partial charge in [0.15, 0.2) is 0 Å². The number of imide groups is 1. The molecule has 1 aromatic heterocycles. The van der Waals surface area contributed by atoms with Crippen molar-refractivity contribution in [1.82, 2.24) is 20.6 Å². The van der Waals surface area contributed by atoms with Crippen molar-refractivity contribution in [3.8, 4) is 0 Å². The summed E-state index contributed by atoms with van der Waals surface area (Å²) in [6.45, 7) is 1.78. The number of esters is 1. The molecule has 1 fully saturated rings. The third kappa shape index (κ3) is 8.48. The number of aromatic nitrogens is 2. The van der Waals surface area contributed by atoms with Crippen molar-refractivity contribution < 1.29 is 37.0 Å². The van der Waals surface area contributed by atoms with E-state index < -0.39 is 48.8 Å². The number of aromatic amines is 1. The van der Waals surface area contributed by atoms with E-state index in [1.54, 1.807) is 19.1 Å². The van der Waals surface area contributed by atoms with E-state index in [1.807, 2.05) is 30.3 Å². The molecule has 0 bridgehead atoms. The van der Waals surface area contributed by atoms with Crippen LogP contribution in [-0.2, 0) is 44.9 Å². The Labute approximate surface area is 228 Å². The Hall–Kier alpha value is -4.03. The topological polar surface area (TPSA) is 122 Å². The van der Waals surface area contributed by atoms with E-state index in [1.165, 1.54) is 18.3 Å². The average molecular weight is 559 g/mol. The van der Waals surface area contributed by atoms with E-state index in [0.29, 0.717) is 18.7 Å². The van der Waals surface area contributed by atoms with Crippen molar-refractivity contribution in [2.75, 3.05) is 0 Å². The van der Waals surface area contributed by atoms with Gasteiger partial charge in [-0.15, -0.1) is 0 Å². The zero-order valence-electron chi connectivity index (χ0n) is 21.7. The number of cyclic esters (lactones) is 1. The molecule has 0 aliphatic carbocycles. The molecular weight excluding hydrogens is 529 g/mol. The van der Waals surface area contributed by atoms with Crippen LogP contribution in [0.15, 0.2) is 60.8 Å². The van der Waals surface area contributed by atoms with Crippen LogP contribution in [0.5, 0.6) is 0 Å². The number of imidazole rings is 1. The predicted octanol–water partition coefficient (Wildman–Crippen LogP) is 3.39. The number of halogens is 3. The van der Waals surface area contributed by atoms with Gasteiger partial charge in [-0.25, -0.2) is 4.98 Å². The van der Waals surface area contributed by atoms with Gasteiger partial charge in [0, 0.05) is 6.42 Å². The number of amides is 2. The molecule has 2 aromatic carbocycles. The van der Waals surface area contributed by atoms with Crippen LogP contribution in [0.2, 0.25) is 0 Å². The molecule has 1 saturated heterocycles. The second-order valence-corrected chi connectivity index (χ2v) is 9.52. The lowest BCUT2D eigenvalue weighted by molar-refractivity contribution is -0.167.